The quantitative estimate of drug-likeness (QED) is 0.508. The number of allylic oxidation sites excluding steroid dienone is 2. The number of fused-ring (bicyclic) bond motifs is 1. The molecule has 1 heterocycles. The largest absolute Gasteiger partial charge is 0.493 e. The zero-order valence-electron chi connectivity index (χ0n) is 13.0. The van der Waals surface area contributed by atoms with Crippen LogP contribution in [0.3, 0.4) is 0 Å². The van der Waals surface area contributed by atoms with Gasteiger partial charge in [-0.1, -0.05) is 48.5 Å². The summed E-state index contributed by atoms with van der Waals surface area (Å²) in [6.07, 6.45) is 5.09. The maximum Gasteiger partial charge on any atom is 0.215 e. The van der Waals surface area contributed by atoms with E-state index in [-0.39, 0.29) is 11.7 Å². The molecule has 0 bridgehead atoms. The topological polar surface area (TPSA) is 42.2 Å². The second-order valence-corrected chi connectivity index (χ2v) is 7.25. The second-order valence-electron chi connectivity index (χ2n) is 5.57. The number of hydrogen-bond acceptors (Lipinski definition) is 4. The highest BCUT2D eigenvalue weighted by molar-refractivity contribution is 7.73. The van der Waals surface area contributed by atoms with Gasteiger partial charge >= 0.3 is 0 Å². The molecule has 4 rings (SSSR count). The van der Waals surface area contributed by atoms with Crippen molar-refractivity contribution in [3.05, 3.63) is 80.6 Å². The Morgan fingerprint density at radius 3 is 2.52 bits per heavy atom. The maximum absolute atomic E-state index is 12.4. The molecule has 0 amide bonds. The van der Waals surface area contributed by atoms with Gasteiger partial charge in [0.25, 0.3) is 0 Å². The van der Waals surface area contributed by atoms with Gasteiger partial charge in [0.15, 0.2) is 9.74 Å². The van der Waals surface area contributed by atoms with Gasteiger partial charge in [0.1, 0.15) is 0 Å². The normalized spacial score (nSPS) is 14.7. The van der Waals surface area contributed by atoms with E-state index in [1.54, 1.807) is 16.7 Å². The Morgan fingerprint density at radius 2 is 1.72 bits per heavy atom. The number of aromatic nitrogens is 1. The summed E-state index contributed by atoms with van der Waals surface area (Å²) in [6, 6.07) is 17.1. The average molecular weight is 363 g/mol. The summed E-state index contributed by atoms with van der Waals surface area (Å²) in [5.41, 5.74) is 3.20. The summed E-state index contributed by atoms with van der Waals surface area (Å²) in [4.78, 5) is 12.9. The van der Waals surface area contributed by atoms with Gasteiger partial charge in [0.2, 0.25) is 5.88 Å². The van der Waals surface area contributed by atoms with E-state index < -0.39 is 0 Å². The second kappa shape index (κ2) is 6.27. The predicted octanol–water partition coefficient (Wildman–Crippen LogP) is 5.11. The maximum atomic E-state index is 12.4. The van der Waals surface area contributed by atoms with Crippen LogP contribution in [0.2, 0.25) is 0 Å². The number of nitrogens with zero attached hydrogens (tertiary/aromatic N) is 1. The number of hydrogen-bond donors (Lipinski definition) is 1. The Kier molecular flexibility index (Phi) is 3.95. The molecule has 0 unspecified atom stereocenters. The third kappa shape index (κ3) is 2.77. The molecule has 1 aliphatic rings. The number of para-hydroxylation sites is 1. The molecule has 0 fully saturated rings. The number of thiazole rings is 1. The molecule has 0 atom stereocenters. The van der Waals surface area contributed by atoms with E-state index in [4.69, 9.17) is 12.2 Å². The summed E-state index contributed by atoms with van der Waals surface area (Å²) in [5.74, 6) is -0.0304. The van der Waals surface area contributed by atoms with Crippen LogP contribution in [0.4, 0.5) is 0 Å². The SMILES string of the molecule is O=C1C=Cc2ccccc2/C1=C/c1sc(=S)n(-c2ccccc2)c1O. The minimum atomic E-state index is -0.0799. The van der Waals surface area contributed by atoms with Crippen molar-refractivity contribution >= 4 is 47.1 Å². The minimum absolute atomic E-state index is 0.0496. The fourth-order valence-electron chi connectivity index (χ4n) is 2.84. The molecule has 3 aromatic rings. The summed E-state index contributed by atoms with van der Waals surface area (Å²) >= 11 is 6.69. The van der Waals surface area contributed by atoms with Gasteiger partial charge in [-0.25, -0.2) is 0 Å². The van der Waals surface area contributed by atoms with E-state index in [1.807, 2.05) is 60.7 Å². The average Bonchev–Trinajstić information content (AvgIpc) is 2.92. The fraction of sp³-hybridized carbons (Fsp3) is 0. The minimum Gasteiger partial charge on any atom is -0.493 e. The van der Waals surface area contributed by atoms with E-state index >= 15 is 0 Å². The van der Waals surface area contributed by atoms with Crippen LogP contribution in [-0.2, 0) is 4.79 Å². The van der Waals surface area contributed by atoms with Crippen molar-refractivity contribution in [2.75, 3.05) is 0 Å². The van der Waals surface area contributed by atoms with E-state index in [0.29, 0.717) is 14.4 Å². The lowest BCUT2D eigenvalue weighted by molar-refractivity contribution is -0.109. The molecule has 122 valence electrons. The molecule has 1 aliphatic carbocycles. The van der Waals surface area contributed by atoms with Crippen molar-refractivity contribution in [2.45, 2.75) is 0 Å². The molecule has 0 saturated heterocycles. The standard InChI is InChI=1S/C20H13NO2S2/c22-17-11-10-13-6-4-5-9-15(13)16(17)12-18-19(23)21(20(24)25-18)14-7-2-1-3-8-14/h1-12,23H/b16-12-. The molecule has 1 N–H and O–H groups in total. The summed E-state index contributed by atoms with van der Waals surface area (Å²) in [7, 11) is 0. The van der Waals surface area contributed by atoms with Crippen LogP contribution in [0.1, 0.15) is 16.0 Å². The van der Waals surface area contributed by atoms with Gasteiger partial charge in [-0.15, -0.1) is 11.3 Å². The monoisotopic (exact) mass is 363 g/mol. The zero-order valence-corrected chi connectivity index (χ0v) is 14.7. The smallest absolute Gasteiger partial charge is 0.215 e. The number of ketones is 1. The molecule has 1 aromatic heterocycles. The molecule has 25 heavy (non-hydrogen) atoms. The third-order valence-electron chi connectivity index (χ3n) is 4.03. The van der Waals surface area contributed by atoms with E-state index in [2.05, 4.69) is 0 Å². The molecule has 3 nitrogen and oxygen atoms in total. The Morgan fingerprint density at radius 1 is 1.00 bits per heavy atom. The first kappa shape index (κ1) is 15.7. The van der Waals surface area contributed by atoms with E-state index in [0.717, 1.165) is 16.8 Å². The van der Waals surface area contributed by atoms with Gasteiger partial charge in [-0.2, -0.15) is 0 Å². The molecule has 0 spiro atoms. The molecule has 5 heteroatoms. The molecule has 0 aliphatic heterocycles. The van der Waals surface area contributed by atoms with Crippen molar-refractivity contribution in [3.63, 3.8) is 0 Å². The predicted molar refractivity (Wildman–Crippen MR) is 104 cm³/mol. The van der Waals surface area contributed by atoms with Crippen molar-refractivity contribution in [1.29, 1.82) is 0 Å². The van der Waals surface area contributed by atoms with Gasteiger partial charge in [0, 0.05) is 5.57 Å². The first-order chi connectivity index (χ1) is 12.1. The zero-order chi connectivity index (χ0) is 17.4. The summed E-state index contributed by atoms with van der Waals surface area (Å²) in [6.45, 7) is 0. The number of benzene rings is 2. The van der Waals surface area contributed by atoms with Crippen molar-refractivity contribution in [2.24, 2.45) is 0 Å². The van der Waals surface area contributed by atoms with Crippen molar-refractivity contribution in [1.82, 2.24) is 4.57 Å². The number of aromatic hydroxyl groups is 1. The third-order valence-corrected chi connectivity index (χ3v) is 5.34. The molecular weight excluding hydrogens is 350 g/mol. The van der Waals surface area contributed by atoms with Crippen LogP contribution in [0.5, 0.6) is 5.88 Å². The Balaban J connectivity index is 1.87. The highest BCUT2D eigenvalue weighted by Gasteiger charge is 2.19. The van der Waals surface area contributed by atoms with Crippen LogP contribution in [0, 0.1) is 3.95 Å². The van der Waals surface area contributed by atoms with Gasteiger partial charge < -0.3 is 5.11 Å². The first-order valence-electron chi connectivity index (χ1n) is 7.69. The number of rotatable bonds is 2. The van der Waals surface area contributed by atoms with Crippen molar-refractivity contribution < 1.29 is 9.90 Å². The Hall–Kier alpha value is -2.76. The molecule has 2 aromatic carbocycles. The highest BCUT2D eigenvalue weighted by atomic mass is 32.1. The first-order valence-corrected chi connectivity index (χ1v) is 8.91. The summed E-state index contributed by atoms with van der Waals surface area (Å²) < 4.78 is 2.14. The number of carbonyl (C=O) groups excluding carboxylic acids is 1. The van der Waals surface area contributed by atoms with Crippen molar-refractivity contribution in [3.8, 4) is 11.6 Å². The Labute approximate surface area is 153 Å². The van der Waals surface area contributed by atoms with Gasteiger partial charge in [-0.05, 0) is 47.6 Å². The lowest BCUT2D eigenvalue weighted by Gasteiger charge is -2.12. The van der Waals surface area contributed by atoms with Crippen LogP contribution in [0.25, 0.3) is 23.4 Å². The highest BCUT2D eigenvalue weighted by Crippen LogP contribution is 2.35. The van der Waals surface area contributed by atoms with Crippen LogP contribution in [0.15, 0.2) is 60.7 Å². The molecular formula is C20H13NO2S2. The molecule has 0 radical (unpaired) electrons. The van der Waals surface area contributed by atoms with Crippen LogP contribution < -0.4 is 0 Å². The van der Waals surface area contributed by atoms with Crippen LogP contribution in [-0.4, -0.2) is 15.5 Å². The van der Waals surface area contributed by atoms with E-state index in [1.165, 1.54) is 11.3 Å². The lowest BCUT2D eigenvalue weighted by Crippen LogP contribution is -2.04. The lowest BCUT2D eigenvalue weighted by atomic mass is 9.91. The number of carbonyl (C=O) groups is 1. The van der Waals surface area contributed by atoms with E-state index in [9.17, 15) is 9.90 Å². The Bertz CT molecular complexity index is 1090. The van der Waals surface area contributed by atoms with Crippen LogP contribution >= 0.6 is 23.6 Å². The molecule has 0 saturated carbocycles. The van der Waals surface area contributed by atoms with Gasteiger partial charge in [0.05, 0.1) is 10.6 Å². The fourth-order valence-corrected chi connectivity index (χ4v) is 4.13. The summed E-state index contributed by atoms with van der Waals surface area (Å²) in [5, 5.41) is 10.7. The van der Waals surface area contributed by atoms with Gasteiger partial charge in [-0.3, -0.25) is 9.36 Å².